The summed E-state index contributed by atoms with van der Waals surface area (Å²) in [6, 6.07) is 33.8. The van der Waals surface area contributed by atoms with Gasteiger partial charge in [-0.1, -0.05) is 109 Å². The first kappa shape index (κ1) is 33.7. The van der Waals surface area contributed by atoms with Gasteiger partial charge in [0.25, 0.3) is 0 Å². The molecule has 0 bridgehead atoms. The van der Waals surface area contributed by atoms with Gasteiger partial charge in [0.05, 0.1) is 0 Å². The van der Waals surface area contributed by atoms with E-state index in [4.69, 9.17) is 0 Å². The molecule has 0 aliphatic rings. The number of rotatable bonds is 14. The third-order valence-corrected chi connectivity index (χ3v) is 12.3. The van der Waals surface area contributed by atoms with Crippen molar-refractivity contribution in [3.8, 4) is 0 Å². The maximum atomic E-state index is 12.0. The van der Waals surface area contributed by atoms with Gasteiger partial charge in [-0.25, -0.2) is 0 Å². The highest BCUT2D eigenvalue weighted by Crippen LogP contribution is 2.38. The predicted molar refractivity (Wildman–Crippen MR) is 193 cm³/mol. The van der Waals surface area contributed by atoms with E-state index in [9.17, 15) is 9.59 Å². The summed E-state index contributed by atoms with van der Waals surface area (Å²) >= 11 is 9.73. The van der Waals surface area contributed by atoms with Crippen molar-refractivity contribution in [3.05, 3.63) is 132 Å². The second-order valence-corrected chi connectivity index (χ2v) is 16.1. The minimum atomic E-state index is 0.0377. The summed E-state index contributed by atoms with van der Waals surface area (Å²) in [5.74, 6) is 1.27. The molecule has 0 fully saturated rings. The zero-order valence-electron chi connectivity index (χ0n) is 24.0. The molecule has 0 saturated heterocycles. The Morgan fingerprint density at radius 3 is 1.37 bits per heavy atom. The number of hydrogen-bond acceptors (Lipinski definition) is 8. The quantitative estimate of drug-likeness (QED) is 0.0741. The van der Waals surface area contributed by atoms with Crippen LogP contribution in [0.4, 0.5) is 0 Å². The molecule has 0 atom stereocenters. The normalized spacial score (nSPS) is 10.8. The van der Waals surface area contributed by atoms with Crippen molar-refractivity contribution < 1.29 is 9.59 Å². The van der Waals surface area contributed by atoms with E-state index in [1.54, 1.807) is 37.4 Å². The summed E-state index contributed by atoms with van der Waals surface area (Å²) in [4.78, 5) is 31.2. The lowest BCUT2D eigenvalue weighted by Crippen LogP contribution is -1.94. The van der Waals surface area contributed by atoms with Gasteiger partial charge in [-0.15, -0.1) is 23.5 Å². The third-order valence-electron chi connectivity index (χ3n) is 5.88. The molecule has 0 amide bonds. The van der Waals surface area contributed by atoms with Crippen LogP contribution in [0, 0.1) is 0 Å². The minimum Gasteiger partial charge on any atom is -0.282 e. The summed E-state index contributed by atoms with van der Waals surface area (Å²) in [7, 11) is 0. The molecule has 0 aliphatic heterocycles. The van der Waals surface area contributed by atoms with Crippen LogP contribution < -0.4 is 0 Å². The first-order chi connectivity index (χ1) is 20.8. The Morgan fingerprint density at radius 2 is 0.953 bits per heavy atom. The summed E-state index contributed by atoms with van der Waals surface area (Å²) in [5, 5.41) is 0.973. The van der Waals surface area contributed by atoms with Crippen LogP contribution in [-0.4, -0.2) is 15.3 Å². The number of hydrogen-bond donors (Lipinski definition) is 0. The number of thioether (sulfide) groups is 4. The Hall–Kier alpha value is -2.20. The van der Waals surface area contributed by atoms with Crippen LogP contribution in [0.25, 0.3) is 0 Å². The van der Waals surface area contributed by atoms with Crippen LogP contribution in [0.3, 0.4) is 0 Å². The average molecular weight is 677 g/mol. The Morgan fingerprint density at radius 1 is 0.558 bits per heavy atom. The zero-order valence-corrected chi connectivity index (χ0v) is 28.9. The van der Waals surface area contributed by atoms with Crippen molar-refractivity contribution >= 4 is 80.8 Å². The molecule has 0 radical (unpaired) electrons. The van der Waals surface area contributed by atoms with Crippen molar-refractivity contribution in [1.82, 2.24) is 0 Å². The van der Waals surface area contributed by atoms with Gasteiger partial charge < -0.3 is 0 Å². The molecule has 8 heteroatoms. The van der Waals surface area contributed by atoms with E-state index in [2.05, 4.69) is 86.0 Å². The molecule has 43 heavy (non-hydrogen) atoms. The molecule has 4 rings (SSSR count). The van der Waals surface area contributed by atoms with E-state index in [1.807, 2.05) is 47.8 Å². The Labute approximate surface area is 280 Å². The molecule has 0 aromatic heterocycles. The topological polar surface area (TPSA) is 34.1 Å². The van der Waals surface area contributed by atoms with Crippen molar-refractivity contribution in [2.24, 2.45) is 0 Å². The summed E-state index contributed by atoms with van der Waals surface area (Å²) in [5.41, 5.74) is 3.47. The molecule has 0 saturated carbocycles. The van der Waals surface area contributed by atoms with Gasteiger partial charge in [0.2, 0.25) is 10.2 Å². The lowest BCUT2D eigenvalue weighted by molar-refractivity contribution is -0.108. The van der Waals surface area contributed by atoms with Crippen LogP contribution in [-0.2, 0) is 21.1 Å². The highest BCUT2D eigenvalue weighted by molar-refractivity contribution is 8.16. The van der Waals surface area contributed by atoms with Gasteiger partial charge in [-0.3, -0.25) is 9.59 Å². The van der Waals surface area contributed by atoms with Crippen molar-refractivity contribution in [3.63, 3.8) is 0 Å². The number of benzene rings is 4. The monoisotopic (exact) mass is 676 g/mol. The minimum absolute atomic E-state index is 0.0377. The van der Waals surface area contributed by atoms with Gasteiger partial charge in [-0.05, 0) is 84.7 Å². The maximum Gasteiger partial charge on any atom is 0.214 e. The Bertz CT molecular complexity index is 1490. The standard InChI is InChI=1S/C35H32O2S6/c1-24(2)34(36)38-21-26-11-5-7-17-32(26)42-30-15-9-13-28(19-30)40-23-41-29-14-10-16-31(20-29)43-33-18-8-6-12-27(33)22-39-35(37)25(3)4/h5-20H,1,3,21-23H2,2,4H3. The van der Waals surface area contributed by atoms with Crippen LogP contribution in [0.2, 0.25) is 0 Å². The lowest BCUT2D eigenvalue weighted by atomic mass is 10.2. The largest absolute Gasteiger partial charge is 0.282 e. The fourth-order valence-corrected chi connectivity index (χ4v) is 9.66. The van der Waals surface area contributed by atoms with Gasteiger partial charge in [0.15, 0.2) is 0 Å². The van der Waals surface area contributed by atoms with E-state index < -0.39 is 0 Å². The van der Waals surface area contributed by atoms with Gasteiger partial charge in [0.1, 0.15) is 0 Å². The summed E-state index contributed by atoms with van der Waals surface area (Å²) < 4.78 is 0. The molecule has 0 spiro atoms. The number of carbonyl (C=O) groups excluding carboxylic acids is 2. The molecular formula is C35H32O2S6. The molecular weight excluding hydrogens is 645 g/mol. The van der Waals surface area contributed by atoms with Crippen LogP contribution in [0.1, 0.15) is 25.0 Å². The van der Waals surface area contributed by atoms with E-state index in [-0.39, 0.29) is 10.2 Å². The Kier molecular flexibility index (Phi) is 13.6. The smallest absolute Gasteiger partial charge is 0.214 e. The zero-order chi connectivity index (χ0) is 30.6. The first-order valence-electron chi connectivity index (χ1n) is 13.4. The summed E-state index contributed by atoms with van der Waals surface area (Å²) in [6.07, 6.45) is 0. The Balaban J connectivity index is 1.33. The van der Waals surface area contributed by atoms with E-state index in [1.165, 1.54) is 43.1 Å². The fourth-order valence-electron chi connectivity index (χ4n) is 3.65. The third kappa shape index (κ3) is 11.0. The lowest BCUT2D eigenvalue weighted by Gasteiger charge is -2.10. The SMILES string of the molecule is C=C(C)C(=O)SCc1ccccc1Sc1cccc(SCSc2cccc(Sc3ccccc3CSC(=O)C(=C)C)c2)c1. The molecule has 0 heterocycles. The maximum absolute atomic E-state index is 12.0. The second-order valence-electron chi connectivity index (χ2n) is 9.49. The fraction of sp³-hybridized carbons (Fsp3) is 0.143. The molecule has 0 aliphatic carbocycles. The van der Waals surface area contributed by atoms with E-state index in [0.29, 0.717) is 22.7 Å². The highest BCUT2D eigenvalue weighted by Gasteiger charge is 2.11. The van der Waals surface area contributed by atoms with E-state index >= 15 is 0 Å². The number of carbonyl (C=O) groups is 2. The molecule has 4 aromatic carbocycles. The van der Waals surface area contributed by atoms with Crippen LogP contribution in [0.15, 0.2) is 151 Å². The molecule has 0 N–H and O–H groups in total. The van der Waals surface area contributed by atoms with Crippen molar-refractivity contribution in [2.45, 2.75) is 54.7 Å². The van der Waals surface area contributed by atoms with E-state index in [0.717, 1.165) is 26.0 Å². The molecule has 2 nitrogen and oxygen atoms in total. The average Bonchev–Trinajstić information content (AvgIpc) is 3.00. The van der Waals surface area contributed by atoms with Gasteiger partial charge >= 0.3 is 0 Å². The molecule has 220 valence electrons. The predicted octanol–water partition coefficient (Wildman–Crippen LogP) is 11.5. The molecule has 0 unspecified atom stereocenters. The van der Waals surface area contributed by atoms with Gasteiger partial charge in [0, 0.05) is 46.0 Å². The second kappa shape index (κ2) is 17.3. The van der Waals surface area contributed by atoms with Crippen molar-refractivity contribution in [1.29, 1.82) is 0 Å². The first-order valence-corrected chi connectivity index (χ1v) is 19.0. The van der Waals surface area contributed by atoms with Crippen LogP contribution >= 0.6 is 70.6 Å². The van der Waals surface area contributed by atoms with Crippen LogP contribution in [0.5, 0.6) is 0 Å². The van der Waals surface area contributed by atoms with Crippen molar-refractivity contribution in [2.75, 3.05) is 5.08 Å². The summed E-state index contributed by atoms with van der Waals surface area (Å²) in [6.45, 7) is 11.0. The highest BCUT2D eigenvalue weighted by atomic mass is 32.2. The molecule has 4 aromatic rings. The van der Waals surface area contributed by atoms with Gasteiger partial charge in [-0.2, -0.15) is 0 Å².